The first-order chi connectivity index (χ1) is 12.1. The van der Waals surface area contributed by atoms with Gasteiger partial charge in [0.05, 0.1) is 12.0 Å². The number of halogens is 1. The van der Waals surface area contributed by atoms with E-state index in [1.165, 1.54) is 12.1 Å². The van der Waals surface area contributed by atoms with Gasteiger partial charge >= 0.3 is 0 Å². The maximum atomic E-state index is 13.0. The zero-order valence-corrected chi connectivity index (χ0v) is 14.6. The number of carbonyl (C=O) groups excluding carboxylic acids is 1. The molecule has 1 heterocycles. The minimum atomic E-state index is -0.213. The fourth-order valence-corrected chi connectivity index (χ4v) is 3.42. The Balaban J connectivity index is 1.55. The average molecular weight is 340 g/mol. The second-order valence-corrected chi connectivity index (χ2v) is 6.84. The third-order valence-corrected chi connectivity index (χ3v) is 4.85. The molecule has 0 spiro atoms. The van der Waals surface area contributed by atoms with Crippen molar-refractivity contribution in [1.29, 1.82) is 0 Å². The minimum absolute atomic E-state index is 0.0142. The van der Waals surface area contributed by atoms with E-state index in [0.29, 0.717) is 0 Å². The fraction of sp³-hybridized carbons (Fsp3) is 0.381. The zero-order chi connectivity index (χ0) is 17.6. The molecule has 0 unspecified atom stereocenters. The molecule has 3 rings (SSSR count). The van der Waals surface area contributed by atoms with Crippen LogP contribution in [0.4, 0.5) is 4.39 Å². The molecule has 0 aliphatic carbocycles. The fourth-order valence-electron chi connectivity index (χ4n) is 3.42. The SMILES string of the molecule is C[C@@H](NC(=O)[C@@H]1CCCN(Cc2ccc(F)cc2)C1)c1ccccc1. The Kier molecular flexibility index (Phi) is 5.82. The number of piperidine rings is 1. The molecule has 0 saturated carbocycles. The lowest BCUT2D eigenvalue weighted by atomic mass is 9.96. The van der Waals surface area contributed by atoms with Gasteiger partial charge in [-0.2, -0.15) is 0 Å². The van der Waals surface area contributed by atoms with E-state index in [1.807, 2.05) is 49.4 Å². The van der Waals surface area contributed by atoms with E-state index < -0.39 is 0 Å². The third kappa shape index (κ3) is 4.89. The first-order valence-electron chi connectivity index (χ1n) is 8.94. The highest BCUT2D eigenvalue weighted by Crippen LogP contribution is 2.20. The van der Waals surface area contributed by atoms with Crippen LogP contribution < -0.4 is 5.32 Å². The van der Waals surface area contributed by atoms with Gasteiger partial charge in [-0.05, 0) is 49.6 Å². The maximum absolute atomic E-state index is 13.0. The topological polar surface area (TPSA) is 32.3 Å². The smallest absolute Gasteiger partial charge is 0.224 e. The van der Waals surface area contributed by atoms with Crippen LogP contribution in [0.2, 0.25) is 0 Å². The van der Waals surface area contributed by atoms with E-state index in [-0.39, 0.29) is 23.7 Å². The molecule has 2 atom stereocenters. The number of amides is 1. The van der Waals surface area contributed by atoms with E-state index in [2.05, 4.69) is 10.2 Å². The molecular formula is C21H25FN2O. The van der Waals surface area contributed by atoms with Crippen molar-refractivity contribution >= 4 is 5.91 Å². The van der Waals surface area contributed by atoms with Crippen LogP contribution in [0.15, 0.2) is 54.6 Å². The van der Waals surface area contributed by atoms with Gasteiger partial charge in [0.25, 0.3) is 0 Å². The number of nitrogens with zero attached hydrogens (tertiary/aromatic N) is 1. The standard InChI is InChI=1S/C21H25FN2O/c1-16(18-6-3-2-4-7-18)23-21(25)19-8-5-13-24(15-19)14-17-9-11-20(22)12-10-17/h2-4,6-7,9-12,16,19H,5,8,13-15H2,1H3,(H,23,25)/t16-,19-/m1/s1. The van der Waals surface area contributed by atoms with Crippen molar-refractivity contribution in [3.05, 3.63) is 71.5 Å². The first-order valence-corrected chi connectivity index (χ1v) is 8.94. The molecule has 0 bridgehead atoms. The highest BCUT2D eigenvalue weighted by Gasteiger charge is 2.26. The van der Waals surface area contributed by atoms with Gasteiger partial charge in [-0.1, -0.05) is 42.5 Å². The predicted octanol–water partition coefficient (Wildman–Crippen LogP) is 3.92. The van der Waals surface area contributed by atoms with E-state index in [1.54, 1.807) is 0 Å². The molecule has 2 aromatic rings. The van der Waals surface area contributed by atoms with Gasteiger partial charge in [-0.25, -0.2) is 4.39 Å². The number of nitrogens with one attached hydrogen (secondary N) is 1. The normalized spacial score (nSPS) is 19.4. The van der Waals surface area contributed by atoms with Gasteiger partial charge in [0.15, 0.2) is 0 Å². The van der Waals surface area contributed by atoms with Crippen molar-refractivity contribution in [2.75, 3.05) is 13.1 Å². The van der Waals surface area contributed by atoms with Gasteiger partial charge in [-0.3, -0.25) is 9.69 Å². The van der Waals surface area contributed by atoms with Gasteiger partial charge in [0.2, 0.25) is 5.91 Å². The van der Waals surface area contributed by atoms with Gasteiger partial charge in [0, 0.05) is 13.1 Å². The monoisotopic (exact) mass is 340 g/mol. The van der Waals surface area contributed by atoms with Crippen LogP contribution in [0.1, 0.15) is 36.9 Å². The van der Waals surface area contributed by atoms with Gasteiger partial charge in [0.1, 0.15) is 5.82 Å². The molecule has 25 heavy (non-hydrogen) atoms. The lowest BCUT2D eigenvalue weighted by Crippen LogP contribution is -2.43. The summed E-state index contributed by atoms with van der Waals surface area (Å²) in [7, 11) is 0. The third-order valence-electron chi connectivity index (χ3n) is 4.85. The number of carbonyl (C=O) groups is 1. The molecule has 1 saturated heterocycles. The average Bonchev–Trinajstić information content (AvgIpc) is 2.64. The Bertz CT molecular complexity index is 687. The number of likely N-dealkylation sites (tertiary alicyclic amines) is 1. The molecule has 4 heteroatoms. The lowest BCUT2D eigenvalue weighted by molar-refractivity contribution is -0.127. The van der Waals surface area contributed by atoms with Crippen LogP contribution in [0.5, 0.6) is 0 Å². The lowest BCUT2D eigenvalue weighted by Gasteiger charge is -2.32. The van der Waals surface area contributed by atoms with Gasteiger partial charge < -0.3 is 5.32 Å². The number of hydrogen-bond acceptors (Lipinski definition) is 2. The van der Waals surface area contributed by atoms with Crippen LogP contribution in [0, 0.1) is 11.7 Å². The van der Waals surface area contributed by atoms with Crippen LogP contribution in [-0.2, 0) is 11.3 Å². The molecule has 1 N–H and O–H groups in total. The highest BCUT2D eigenvalue weighted by atomic mass is 19.1. The Morgan fingerprint density at radius 3 is 2.64 bits per heavy atom. The zero-order valence-electron chi connectivity index (χ0n) is 14.6. The van der Waals surface area contributed by atoms with Crippen molar-refractivity contribution in [2.45, 2.75) is 32.4 Å². The molecule has 2 aromatic carbocycles. The summed E-state index contributed by atoms with van der Waals surface area (Å²) in [5.74, 6) is -0.0740. The van der Waals surface area contributed by atoms with Crippen molar-refractivity contribution in [3.8, 4) is 0 Å². The Morgan fingerprint density at radius 1 is 1.20 bits per heavy atom. The van der Waals surface area contributed by atoms with Crippen molar-refractivity contribution in [2.24, 2.45) is 5.92 Å². The van der Waals surface area contributed by atoms with Crippen molar-refractivity contribution in [3.63, 3.8) is 0 Å². The van der Waals surface area contributed by atoms with Crippen LogP contribution >= 0.6 is 0 Å². The first kappa shape index (κ1) is 17.6. The summed E-state index contributed by atoms with van der Waals surface area (Å²) in [5, 5.41) is 3.14. The van der Waals surface area contributed by atoms with E-state index in [9.17, 15) is 9.18 Å². The predicted molar refractivity (Wildman–Crippen MR) is 97.4 cm³/mol. The van der Waals surface area contributed by atoms with Crippen LogP contribution in [0.25, 0.3) is 0 Å². The van der Waals surface area contributed by atoms with Crippen LogP contribution in [0.3, 0.4) is 0 Å². The molecule has 3 nitrogen and oxygen atoms in total. The quantitative estimate of drug-likeness (QED) is 0.895. The molecule has 132 valence electrons. The summed E-state index contributed by atoms with van der Waals surface area (Å²) >= 11 is 0. The minimum Gasteiger partial charge on any atom is -0.349 e. The van der Waals surface area contributed by atoms with E-state index >= 15 is 0 Å². The molecular weight excluding hydrogens is 315 g/mol. The summed E-state index contributed by atoms with van der Waals surface area (Å²) in [5.41, 5.74) is 2.20. The summed E-state index contributed by atoms with van der Waals surface area (Å²) in [6, 6.07) is 16.7. The van der Waals surface area contributed by atoms with Crippen LogP contribution in [-0.4, -0.2) is 23.9 Å². The summed E-state index contributed by atoms with van der Waals surface area (Å²) in [4.78, 5) is 14.9. The Morgan fingerprint density at radius 2 is 1.92 bits per heavy atom. The Labute approximate surface area is 148 Å². The molecule has 1 amide bonds. The molecule has 0 aromatic heterocycles. The highest BCUT2D eigenvalue weighted by molar-refractivity contribution is 5.79. The Hall–Kier alpha value is -2.20. The summed E-state index contributed by atoms with van der Waals surface area (Å²) < 4.78 is 13.0. The van der Waals surface area contributed by atoms with E-state index in [0.717, 1.165) is 43.6 Å². The molecule has 1 aliphatic rings. The molecule has 1 fully saturated rings. The molecule has 0 radical (unpaired) electrons. The summed E-state index contributed by atoms with van der Waals surface area (Å²) in [6.45, 7) is 4.52. The number of hydrogen-bond donors (Lipinski definition) is 1. The molecule has 1 aliphatic heterocycles. The number of benzene rings is 2. The second kappa shape index (κ2) is 8.26. The largest absolute Gasteiger partial charge is 0.349 e. The maximum Gasteiger partial charge on any atom is 0.224 e. The van der Waals surface area contributed by atoms with Crippen molar-refractivity contribution in [1.82, 2.24) is 10.2 Å². The van der Waals surface area contributed by atoms with Crippen molar-refractivity contribution < 1.29 is 9.18 Å². The second-order valence-electron chi connectivity index (χ2n) is 6.84. The van der Waals surface area contributed by atoms with E-state index in [4.69, 9.17) is 0 Å². The summed E-state index contributed by atoms with van der Waals surface area (Å²) in [6.07, 6.45) is 1.94. The van der Waals surface area contributed by atoms with Gasteiger partial charge in [-0.15, -0.1) is 0 Å². The number of rotatable bonds is 5.